The van der Waals surface area contributed by atoms with Crippen molar-refractivity contribution in [3.63, 3.8) is 0 Å². The molecule has 1 aromatic heterocycles. The van der Waals surface area contributed by atoms with Gasteiger partial charge < -0.3 is 4.74 Å². The highest BCUT2D eigenvalue weighted by Crippen LogP contribution is 2.24. The molecule has 1 atom stereocenters. The Labute approximate surface area is 116 Å². The Morgan fingerprint density at radius 1 is 1.32 bits per heavy atom. The van der Waals surface area contributed by atoms with Gasteiger partial charge in [-0.15, -0.1) is 11.3 Å². The number of methoxy groups -OCH3 is 1. The number of ether oxygens (including phenoxy) is 1. The molecular formula is C14H16N2O2S. The number of nitrogens with zero attached hydrogens (tertiary/aromatic N) is 1. The molecule has 1 unspecified atom stereocenters. The van der Waals surface area contributed by atoms with Gasteiger partial charge in [-0.3, -0.25) is 10.1 Å². The number of nitrogens with one attached hydrogen (secondary N) is 1. The van der Waals surface area contributed by atoms with E-state index >= 15 is 0 Å². The molecular weight excluding hydrogens is 260 g/mol. The van der Waals surface area contributed by atoms with Crippen LogP contribution in [0.1, 0.15) is 22.2 Å². The third kappa shape index (κ3) is 3.19. The predicted molar refractivity (Wildman–Crippen MR) is 76.4 cm³/mol. The molecule has 0 aliphatic carbocycles. The van der Waals surface area contributed by atoms with Crippen LogP contribution in [0.25, 0.3) is 0 Å². The van der Waals surface area contributed by atoms with Crippen LogP contribution >= 0.6 is 11.3 Å². The minimum atomic E-state index is -0.620. The fourth-order valence-electron chi connectivity index (χ4n) is 1.72. The largest absolute Gasteiger partial charge is 0.367 e. The van der Waals surface area contributed by atoms with Crippen LogP contribution in [0.15, 0.2) is 30.3 Å². The maximum atomic E-state index is 12.2. The Balaban J connectivity index is 2.14. The predicted octanol–water partition coefficient (Wildman–Crippen LogP) is 3.09. The summed E-state index contributed by atoms with van der Waals surface area (Å²) in [6, 6.07) is 9.40. The topological polar surface area (TPSA) is 51.2 Å². The molecule has 1 amide bonds. The zero-order chi connectivity index (χ0) is 13.8. The Bertz CT molecular complexity index is 547. The van der Waals surface area contributed by atoms with Gasteiger partial charge in [0.25, 0.3) is 5.91 Å². The lowest BCUT2D eigenvalue weighted by Crippen LogP contribution is -2.22. The molecule has 100 valence electrons. The lowest BCUT2D eigenvalue weighted by Gasteiger charge is -2.14. The summed E-state index contributed by atoms with van der Waals surface area (Å²) >= 11 is 1.47. The third-order valence-electron chi connectivity index (χ3n) is 2.83. The molecule has 5 heteroatoms. The Morgan fingerprint density at radius 3 is 2.53 bits per heavy atom. The van der Waals surface area contributed by atoms with E-state index in [1.807, 2.05) is 44.2 Å². The molecule has 0 spiro atoms. The van der Waals surface area contributed by atoms with Crippen LogP contribution in [-0.4, -0.2) is 18.0 Å². The zero-order valence-electron chi connectivity index (χ0n) is 11.1. The van der Waals surface area contributed by atoms with Crippen molar-refractivity contribution in [3.05, 3.63) is 46.5 Å². The number of aryl methyl sites for hydroxylation is 2. The molecule has 0 fully saturated rings. The normalized spacial score (nSPS) is 12.2. The molecule has 2 aromatic rings. The van der Waals surface area contributed by atoms with Gasteiger partial charge in [0, 0.05) is 12.0 Å². The molecule has 0 bridgehead atoms. The van der Waals surface area contributed by atoms with Crippen molar-refractivity contribution in [2.75, 3.05) is 12.4 Å². The molecule has 19 heavy (non-hydrogen) atoms. The average Bonchev–Trinajstić information content (AvgIpc) is 2.70. The van der Waals surface area contributed by atoms with E-state index in [1.54, 1.807) is 0 Å². The number of hydrogen-bond donors (Lipinski definition) is 1. The van der Waals surface area contributed by atoms with Gasteiger partial charge in [-0.2, -0.15) is 0 Å². The second kappa shape index (κ2) is 5.95. The van der Waals surface area contributed by atoms with E-state index in [2.05, 4.69) is 10.3 Å². The Hall–Kier alpha value is -1.72. The number of carbonyl (C=O) groups is 1. The maximum Gasteiger partial charge on any atom is 0.259 e. The number of amides is 1. The minimum Gasteiger partial charge on any atom is -0.367 e. The summed E-state index contributed by atoms with van der Waals surface area (Å²) < 4.78 is 5.27. The first-order chi connectivity index (χ1) is 9.11. The lowest BCUT2D eigenvalue weighted by atomic mass is 10.1. The summed E-state index contributed by atoms with van der Waals surface area (Å²) in [5.74, 6) is -0.206. The van der Waals surface area contributed by atoms with E-state index < -0.39 is 6.10 Å². The van der Waals surface area contributed by atoms with Gasteiger partial charge in [0.1, 0.15) is 0 Å². The Kier molecular flexibility index (Phi) is 4.29. The lowest BCUT2D eigenvalue weighted by molar-refractivity contribution is -0.126. The van der Waals surface area contributed by atoms with Crippen LogP contribution in [0.5, 0.6) is 0 Å². The molecule has 0 aliphatic heterocycles. The summed E-state index contributed by atoms with van der Waals surface area (Å²) in [6.45, 7) is 3.90. The van der Waals surface area contributed by atoms with Crippen molar-refractivity contribution < 1.29 is 9.53 Å². The van der Waals surface area contributed by atoms with Gasteiger partial charge in [-0.25, -0.2) is 4.98 Å². The van der Waals surface area contributed by atoms with E-state index in [-0.39, 0.29) is 5.91 Å². The van der Waals surface area contributed by atoms with Crippen molar-refractivity contribution in [2.24, 2.45) is 0 Å². The van der Waals surface area contributed by atoms with Crippen LogP contribution in [0.3, 0.4) is 0 Å². The number of carbonyl (C=O) groups excluding carboxylic acids is 1. The van der Waals surface area contributed by atoms with Crippen LogP contribution in [-0.2, 0) is 9.53 Å². The fraction of sp³-hybridized carbons (Fsp3) is 0.286. The summed E-state index contributed by atoms with van der Waals surface area (Å²) in [5, 5.41) is 3.41. The van der Waals surface area contributed by atoms with Crippen molar-refractivity contribution in [1.29, 1.82) is 0 Å². The summed E-state index contributed by atoms with van der Waals surface area (Å²) in [4.78, 5) is 17.6. The molecule has 0 saturated carbocycles. The number of benzene rings is 1. The number of hydrogen-bond acceptors (Lipinski definition) is 4. The van der Waals surface area contributed by atoms with Crippen molar-refractivity contribution in [1.82, 2.24) is 4.98 Å². The SMILES string of the molecule is COC(C(=O)Nc1nc(C)c(C)s1)c1ccccc1. The molecule has 4 nitrogen and oxygen atoms in total. The van der Waals surface area contributed by atoms with Gasteiger partial charge in [0.05, 0.1) is 5.69 Å². The highest BCUT2D eigenvalue weighted by atomic mass is 32.1. The molecule has 0 saturated heterocycles. The third-order valence-corrected chi connectivity index (χ3v) is 3.82. The first kappa shape index (κ1) is 13.7. The summed E-state index contributed by atoms with van der Waals surface area (Å²) in [5.41, 5.74) is 1.77. The number of thiazole rings is 1. The van der Waals surface area contributed by atoms with Crippen molar-refractivity contribution >= 4 is 22.4 Å². The van der Waals surface area contributed by atoms with E-state index in [9.17, 15) is 4.79 Å². The van der Waals surface area contributed by atoms with Gasteiger partial charge in [-0.1, -0.05) is 30.3 Å². The fourth-order valence-corrected chi connectivity index (χ4v) is 2.54. The first-order valence-electron chi connectivity index (χ1n) is 5.94. The van der Waals surface area contributed by atoms with Gasteiger partial charge in [0.15, 0.2) is 11.2 Å². The maximum absolute atomic E-state index is 12.2. The zero-order valence-corrected chi connectivity index (χ0v) is 12.0. The van der Waals surface area contributed by atoms with Crippen molar-refractivity contribution in [3.8, 4) is 0 Å². The molecule has 1 aromatic carbocycles. The van der Waals surface area contributed by atoms with E-state index in [0.29, 0.717) is 5.13 Å². The number of aromatic nitrogens is 1. The van der Waals surface area contributed by atoms with E-state index in [4.69, 9.17) is 4.74 Å². The molecule has 1 N–H and O–H groups in total. The molecule has 0 radical (unpaired) electrons. The van der Waals surface area contributed by atoms with Crippen LogP contribution < -0.4 is 5.32 Å². The van der Waals surface area contributed by atoms with E-state index in [1.165, 1.54) is 18.4 Å². The van der Waals surface area contributed by atoms with Gasteiger partial charge in [0.2, 0.25) is 0 Å². The summed E-state index contributed by atoms with van der Waals surface area (Å²) in [7, 11) is 1.52. The van der Waals surface area contributed by atoms with Crippen molar-refractivity contribution in [2.45, 2.75) is 20.0 Å². The van der Waals surface area contributed by atoms with Gasteiger partial charge >= 0.3 is 0 Å². The van der Waals surface area contributed by atoms with Crippen LogP contribution in [0.4, 0.5) is 5.13 Å². The minimum absolute atomic E-state index is 0.206. The molecule has 2 rings (SSSR count). The quantitative estimate of drug-likeness (QED) is 0.933. The average molecular weight is 276 g/mol. The number of rotatable bonds is 4. The standard InChI is InChI=1S/C14H16N2O2S/c1-9-10(2)19-14(15-9)16-13(17)12(18-3)11-7-5-4-6-8-11/h4-8,12H,1-3H3,(H,15,16,17). The number of anilines is 1. The smallest absolute Gasteiger partial charge is 0.259 e. The van der Waals surface area contributed by atoms with Crippen LogP contribution in [0, 0.1) is 13.8 Å². The summed E-state index contributed by atoms with van der Waals surface area (Å²) in [6.07, 6.45) is -0.620. The molecule has 0 aliphatic rings. The first-order valence-corrected chi connectivity index (χ1v) is 6.76. The van der Waals surface area contributed by atoms with E-state index in [0.717, 1.165) is 16.1 Å². The Morgan fingerprint density at radius 2 is 2.00 bits per heavy atom. The second-order valence-electron chi connectivity index (χ2n) is 4.18. The second-order valence-corrected chi connectivity index (χ2v) is 5.38. The van der Waals surface area contributed by atoms with Gasteiger partial charge in [-0.05, 0) is 19.4 Å². The monoisotopic (exact) mass is 276 g/mol. The highest BCUT2D eigenvalue weighted by molar-refractivity contribution is 7.15. The highest BCUT2D eigenvalue weighted by Gasteiger charge is 2.21. The molecule has 1 heterocycles. The van der Waals surface area contributed by atoms with Crippen LogP contribution in [0.2, 0.25) is 0 Å².